The highest BCUT2D eigenvalue weighted by molar-refractivity contribution is 6.03. The van der Waals surface area contributed by atoms with Gasteiger partial charge < -0.3 is 9.72 Å². The zero-order valence-electron chi connectivity index (χ0n) is 10.1. The lowest BCUT2D eigenvalue weighted by Gasteiger charge is -2.00. The van der Waals surface area contributed by atoms with Gasteiger partial charge >= 0.3 is 5.97 Å². The van der Waals surface area contributed by atoms with Gasteiger partial charge in [-0.2, -0.15) is 5.26 Å². The minimum absolute atomic E-state index is 0.193. The molecule has 0 radical (unpaired) electrons. The Morgan fingerprint density at radius 3 is 2.59 bits per heavy atom. The summed E-state index contributed by atoms with van der Waals surface area (Å²) in [5.74, 6) is -0.765. The quantitative estimate of drug-likeness (QED) is 0.637. The summed E-state index contributed by atoms with van der Waals surface area (Å²) in [5.41, 5.74) is 1.83. The van der Waals surface area contributed by atoms with Crippen LogP contribution in [-0.4, -0.2) is 23.3 Å². The van der Waals surface area contributed by atoms with Crippen molar-refractivity contribution in [2.75, 3.05) is 6.61 Å². The molecule has 5 nitrogen and oxygen atoms in total. The second-order valence-electron chi connectivity index (χ2n) is 3.60. The Labute approximate surface area is 99.4 Å². The summed E-state index contributed by atoms with van der Waals surface area (Å²) in [6.45, 7) is 5.35. The van der Waals surface area contributed by atoms with E-state index in [1.54, 1.807) is 26.8 Å². The Balaban J connectivity index is 3.15. The number of hydrogen-bond donors (Lipinski definition) is 1. The molecule has 90 valence electrons. The maximum Gasteiger partial charge on any atom is 0.355 e. The highest BCUT2D eigenvalue weighted by Gasteiger charge is 2.22. The van der Waals surface area contributed by atoms with E-state index in [1.807, 2.05) is 0 Å². The normalized spacial score (nSPS) is 9.76. The molecule has 1 N–H and O–H groups in total. The number of ether oxygens (including phenoxy) is 1. The average Bonchev–Trinajstić information content (AvgIpc) is 2.55. The largest absolute Gasteiger partial charge is 0.461 e. The van der Waals surface area contributed by atoms with Crippen molar-refractivity contribution in [1.29, 1.82) is 5.26 Å². The molecule has 0 atom stereocenters. The van der Waals surface area contributed by atoms with Gasteiger partial charge in [0.25, 0.3) is 0 Å². The molecule has 0 saturated carbocycles. The van der Waals surface area contributed by atoms with E-state index in [2.05, 4.69) is 4.98 Å². The van der Waals surface area contributed by atoms with Gasteiger partial charge in [0.1, 0.15) is 5.69 Å². The third-order valence-corrected chi connectivity index (χ3v) is 2.44. The number of rotatable bonds is 4. The average molecular weight is 234 g/mol. The zero-order valence-corrected chi connectivity index (χ0v) is 10.1. The summed E-state index contributed by atoms with van der Waals surface area (Å²) >= 11 is 0. The number of nitrogens with zero attached hydrogens (tertiary/aromatic N) is 1. The van der Waals surface area contributed by atoms with Crippen molar-refractivity contribution < 1.29 is 14.3 Å². The molecule has 1 heterocycles. The smallest absolute Gasteiger partial charge is 0.355 e. The van der Waals surface area contributed by atoms with Crippen molar-refractivity contribution in [3.63, 3.8) is 0 Å². The number of aromatic nitrogens is 1. The predicted octanol–water partition coefficient (Wildman–Crippen LogP) is 1.90. The van der Waals surface area contributed by atoms with Gasteiger partial charge in [0, 0.05) is 11.3 Å². The van der Waals surface area contributed by atoms with Crippen LogP contribution in [0.3, 0.4) is 0 Å². The Kier molecular flexibility index (Phi) is 4.05. The van der Waals surface area contributed by atoms with E-state index in [0.29, 0.717) is 16.8 Å². The van der Waals surface area contributed by atoms with Gasteiger partial charge in [-0.1, -0.05) is 0 Å². The molecule has 1 aromatic rings. The standard InChI is InChI=1S/C12H14N2O3/c1-4-17-12(16)11-7(2)10(8(3)14-11)9(15)5-6-13/h14H,4-5H2,1-3H3. The predicted molar refractivity (Wildman–Crippen MR) is 60.8 cm³/mol. The summed E-state index contributed by atoms with van der Waals surface area (Å²) < 4.78 is 4.87. The van der Waals surface area contributed by atoms with E-state index < -0.39 is 5.97 Å². The number of nitrogens with one attached hydrogen (secondary N) is 1. The molecule has 0 aromatic carbocycles. The molecule has 0 unspecified atom stereocenters. The number of ketones is 1. The fourth-order valence-corrected chi connectivity index (χ4v) is 1.74. The van der Waals surface area contributed by atoms with Crippen molar-refractivity contribution >= 4 is 11.8 Å². The topological polar surface area (TPSA) is 83.0 Å². The third kappa shape index (κ3) is 2.53. The lowest BCUT2D eigenvalue weighted by atomic mass is 10.0. The number of aryl methyl sites for hydroxylation is 1. The van der Waals surface area contributed by atoms with Gasteiger partial charge in [-0.3, -0.25) is 4.79 Å². The second kappa shape index (κ2) is 5.30. The molecule has 0 aliphatic rings. The summed E-state index contributed by atoms with van der Waals surface area (Å²) in [4.78, 5) is 26.1. The van der Waals surface area contributed by atoms with Crippen molar-refractivity contribution in [2.45, 2.75) is 27.2 Å². The number of aromatic amines is 1. The Morgan fingerprint density at radius 2 is 2.06 bits per heavy atom. The van der Waals surface area contributed by atoms with E-state index in [-0.39, 0.29) is 24.5 Å². The first kappa shape index (κ1) is 13.0. The zero-order chi connectivity index (χ0) is 13.0. The van der Waals surface area contributed by atoms with Crippen LogP contribution in [0.25, 0.3) is 0 Å². The number of hydrogen-bond acceptors (Lipinski definition) is 4. The van der Waals surface area contributed by atoms with Gasteiger partial charge in [0.2, 0.25) is 0 Å². The molecule has 0 aliphatic carbocycles. The first-order valence-corrected chi connectivity index (χ1v) is 5.29. The molecule has 0 bridgehead atoms. The summed E-state index contributed by atoms with van der Waals surface area (Å²) in [5, 5.41) is 8.51. The number of esters is 1. The maximum atomic E-state index is 11.7. The van der Waals surface area contributed by atoms with Gasteiger partial charge in [0.05, 0.1) is 19.1 Å². The molecule has 0 saturated heterocycles. The molecular formula is C12H14N2O3. The van der Waals surface area contributed by atoms with Gasteiger partial charge in [0.15, 0.2) is 5.78 Å². The number of nitriles is 1. The second-order valence-corrected chi connectivity index (χ2v) is 3.60. The van der Waals surface area contributed by atoms with Crippen molar-refractivity contribution in [1.82, 2.24) is 4.98 Å². The number of H-pyrrole nitrogens is 1. The molecule has 1 rings (SSSR count). The Bertz CT molecular complexity index is 495. The van der Waals surface area contributed by atoms with Crippen molar-refractivity contribution in [3.05, 3.63) is 22.5 Å². The van der Waals surface area contributed by atoms with E-state index >= 15 is 0 Å². The van der Waals surface area contributed by atoms with Crippen LogP contribution >= 0.6 is 0 Å². The van der Waals surface area contributed by atoms with Gasteiger partial charge in [-0.15, -0.1) is 0 Å². The SMILES string of the molecule is CCOC(=O)c1[nH]c(C)c(C(=O)CC#N)c1C. The van der Waals surface area contributed by atoms with Crippen LogP contribution in [0.5, 0.6) is 0 Å². The summed E-state index contributed by atoms with van der Waals surface area (Å²) in [6, 6.07) is 1.80. The monoisotopic (exact) mass is 234 g/mol. The first-order chi connectivity index (χ1) is 8.02. The molecule has 0 spiro atoms. The lowest BCUT2D eigenvalue weighted by Crippen LogP contribution is -2.07. The highest BCUT2D eigenvalue weighted by atomic mass is 16.5. The van der Waals surface area contributed by atoms with Crippen LogP contribution in [-0.2, 0) is 4.74 Å². The molecule has 5 heteroatoms. The molecule has 0 aliphatic heterocycles. The summed E-state index contributed by atoms with van der Waals surface area (Å²) in [7, 11) is 0. The third-order valence-electron chi connectivity index (χ3n) is 2.44. The van der Waals surface area contributed by atoms with Crippen LogP contribution in [0.4, 0.5) is 0 Å². The van der Waals surface area contributed by atoms with E-state index in [1.165, 1.54) is 0 Å². The van der Waals surface area contributed by atoms with Crippen LogP contribution in [0.1, 0.15) is 45.4 Å². The van der Waals surface area contributed by atoms with Crippen molar-refractivity contribution in [2.24, 2.45) is 0 Å². The maximum absolute atomic E-state index is 11.7. The van der Waals surface area contributed by atoms with E-state index in [4.69, 9.17) is 10.00 Å². The highest BCUT2D eigenvalue weighted by Crippen LogP contribution is 2.20. The summed E-state index contributed by atoms with van der Waals surface area (Å²) in [6.07, 6.45) is -0.193. The fraction of sp³-hybridized carbons (Fsp3) is 0.417. The number of Topliss-reactive ketones (excluding diaryl/α,β-unsaturated/α-hetero) is 1. The van der Waals surface area contributed by atoms with Gasteiger partial charge in [-0.05, 0) is 26.3 Å². The Morgan fingerprint density at radius 1 is 1.41 bits per heavy atom. The van der Waals surface area contributed by atoms with E-state index in [0.717, 1.165) is 0 Å². The van der Waals surface area contributed by atoms with Crippen molar-refractivity contribution in [3.8, 4) is 6.07 Å². The Hall–Kier alpha value is -2.09. The van der Waals surface area contributed by atoms with Crippen LogP contribution in [0.15, 0.2) is 0 Å². The minimum atomic E-state index is -0.482. The number of carbonyl (C=O) groups is 2. The van der Waals surface area contributed by atoms with E-state index in [9.17, 15) is 9.59 Å². The van der Waals surface area contributed by atoms with Crippen LogP contribution < -0.4 is 0 Å². The molecule has 0 fully saturated rings. The molecule has 17 heavy (non-hydrogen) atoms. The number of carbonyl (C=O) groups excluding carboxylic acids is 2. The van der Waals surface area contributed by atoms with Crippen LogP contribution in [0.2, 0.25) is 0 Å². The van der Waals surface area contributed by atoms with Gasteiger partial charge in [-0.25, -0.2) is 4.79 Å². The van der Waals surface area contributed by atoms with Crippen LogP contribution in [0, 0.1) is 25.2 Å². The lowest BCUT2D eigenvalue weighted by molar-refractivity contribution is 0.0519. The molecular weight excluding hydrogens is 220 g/mol. The molecule has 0 amide bonds. The minimum Gasteiger partial charge on any atom is -0.461 e. The first-order valence-electron chi connectivity index (χ1n) is 5.29. The fourth-order valence-electron chi connectivity index (χ4n) is 1.74. The molecule has 1 aromatic heterocycles.